The molecule has 2 aromatic rings. The van der Waals surface area contributed by atoms with Gasteiger partial charge in [0, 0.05) is 17.0 Å². The van der Waals surface area contributed by atoms with Crippen LogP contribution in [0.25, 0.3) is 0 Å². The summed E-state index contributed by atoms with van der Waals surface area (Å²) in [7, 11) is 0. The molecule has 0 bridgehead atoms. The molecule has 0 saturated carbocycles. The van der Waals surface area contributed by atoms with Crippen molar-refractivity contribution in [3.8, 4) is 0 Å². The molecule has 0 atom stereocenters. The number of thioether (sulfide) groups is 1. The fourth-order valence-electron chi connectivity index (χ4n) is 1.60. The molecular weight excluding hydrogens is 265 g/mol. The Kier molecular flexibility index (Phi) is 4.42. The summed E-state index contributed by atoms with van der Waals surface area (Å²) < 4.78 is 18.3. The molecule has 0 aliphatic heterocycles. The maximum absolute atomic E-state index is 13.2. The first kappa shape index (κ1) is 13.9. The summed E-state index contributed by atoms with van der Waals surface area (Å²) in [4.78, 5) is 5.04. The van der Waals surface area contributed by atoms with Crippen molar-refractivity contribution < 1.29 is 8.91 Å². The lowest BCUT2D eigenvalue weighted by Gasteiger charge is -2.01. The van der Waals surface area contributed by atoms with Crippen molar-refractivity contribution in [3.63, 3.8) is 0 Å². The first-order chi connectivity index (χ1) is 9.02. The lowest BCUT2D eigenvalue weighted by molar-refractivity contribution is 0.360. The zero-order chi connectivity index (χ0) is 13.8. The Morgan fingerprint density at radius 1 is 1.37 bits per heavy atom. The number of nitrogens with zero attached hydrogens (tertiary/aromatic N) is 2. The zero-order valence-corrected chi connectivity index (χ0v) is 11.7. The number of rotatable bonds is 5. The van der Waals surface area contributed by atoms with Gasteiger partial charge in [-0.2, -0.15) is 4.98 Å². The molecule has 0 radical (unpaired) electrons. The Labute approximate surface area is 115 Å². The van der Waals surface area contributed by atoms with Crippen LogP contribution < -0.4 is 5.73 Å². The number of halogens is 1. The van der Waals surface area contributed by atoms with E-state index in [9.17, 15) is 4.39 Å². The van der Waals surface area contributed by atoms with E-state index < -0.39 is 0 Å². The Bertz CT molecular complexity index is 536. The van der Waals surface area contributed by atoms with Crippen molar-refractivity contribution in [1.82, 2.24) is 10.1 Å². The number of hydrogen-bond donors (Lipinski definition) is 1. The third-order valence-corrected chi connectivity index (χ3v) is 3.33. The molecular formula is C13H16FN3OS. The van der Waals surface area contributed by atoms with Crippen LogP contribution in [0.15, 0.2) is 27.6 Å². The minimum Gasteiger partial charge on any atom is -0.399 e. The fraction of sp³-hybridized carbons (Fsp3) is 0.385. The van der Waals surface area contributed by atoms with Gasteiger partial charge in [0.25, 0.3) is 0 Å². The van der Waals surface area contributed by atoms with E-state index in [1.165, 1.54) is 23.9 Å². The van der Waals surface area contributed by atoms with E-state index in [1.54, 1.807) is 6.07 Å². The van der Waals surface area contributed by atoms with E-state index in [4.69, 9.17) is 10.3 Å². The third kappa shape index (κ3) is 4.24. The Hall–Kier alpha value is -1.56. The average Bonchev–Trinajstić information content (AvgIpc) is 2.72. The summed E-state index contributed by atoms with van der Waals surface area (Å²) in [5.74, 6) is 1.93. The molecule has 102 valence electrons. The van der Waals surface area contributed by atoms with Gasteiger partial charge in [-0.05, 0) is 24.1 Å². The van der Waals surface area contributed by atoms with E-state index in [1.807, 2.05) is 0 Å². The van der Waals surface area contributed by atoms with Gasteiger partial charge in [0.2, 0.25) is 5.89 Å². The molecule has 6 heteroatoms. The molecule has 2 rings (SSSR count). The number of anilines is 1. The van der Waals surface area contributed by atoms with Crippen LogP contribution in [0.3, 0.4) is 0 Å². The molecule has 0 spiro atoms. The van der Waals surface area contributed by atoms with Crippen molar-refractivity contribution in [2.24, 2.45) is 5.92 Å². The fourth-order valence-corrected chi connectivity index (χ4v) is 2.42. The second-order valence-electron chi connectivity index (χ2n) is 4.71. The monoisotopic (exact) mass is 281 g/mol. The van der Waals surface area contributed by atoms with Crippen molar-refractivity contribution in [2.75, 3.05) is 5.73 Å². The molecule has 0 unspecified atom stereocenters. The van der Waals surface area contributed by atoms with Crippen molar-refractivity contribution in [3.05, 3.63) is 35.7 Å². The standard InChI is InChI=1S/C13H16FN3OS/c1-8(2)3-13-16-12(17-18-13)7-19-11-5-9(14)4-10(15)6-11/h4-6,8H,3,7,15H2,1-2H3. The van der Waals surface area contributed by atoms with Gasteiger partial charge in [0.05, 0.1) is 5.75 Å². The SMILES string of the molecule is CC(C)Cc1nc(CSc2cc(N)cc(F)c2)no1. The maximum Gasteiger partial charge on any atom is 0.226 e. The van der Waals surface area contributed by atoms with Crippen LogP contribution in [-0.4, -0.2) is 10.1 Å². The van der Waals surface area contributed by atoms with Gasteiger partial charge in [-0.3, -0.25) is 0 Å². The van der Waals surface area contributed by atoms with Gasteiger partial charge in [-0.15, -0.1) is 11.8 Å². The van der Waals surface area contributed by atoms with Crippen molar-refractivity contribution in [1.29, 1.82) is 0 Å². The van der Waals surface area contributed by atoms with E-state index in [0.29, 0.717) is 29.1 Å². The summed E-state index contributed by atoms with van der Waals surface area (Å²) in [6.45, 7) is 4.18. The smallest absolute Gasteiger partial charge is 0.226 e. The Balaban J connectivity index is 1.96. The molecule has 1 heterocycles. The summed E-state index contributed by atoms with van der Waals surface area (Å²) in [6, 6.07) is 4.46. The number of nitrogens with two attached hydrogens (primary N) is 1. The first-order valence-corrected chi connectivity index (χ1v) is 7.02. The van der Waals surface area contributed by atoms with Crippen molar-refractivity contribution >= 4 is 17.4 Å². The number of benzene rings is 1. The van der Waals surface area contributed by atoms with Gasteiger partial charge >= 0.3 is 0 Å². The molecule has 2 N–H and O–H groups in total. The van der Waals surface area contributed by atoms with Gasteiger partial charge in [-0.25, -0.2) is 4.39 Å². The quantitative estimate of drug-likeness (QED) is 0.673. The number of aromatic nitrogens is 2. The second kappa shape index (κ2) is 6.06. The maximum atomic E-state index is 13.2. The number of nitrogen functional groups attached to an aromatic ring is 1. The van der Waals surface area contributed by atoms with E-state index in [-0.39, 0.29) is 5.82 Å². The van der Waals surface area contributed by atoms with Crippen LogP contribution in [0.5, 0.6) is 0 Å². The predicted octanol–water partition coefficient (Wildman–Crippen LogP) is 3.28. The molecule has 1 aromatic carbocycles. The largest absolute Gasteiger partial charge is 0.399 e. The van der Waals surface area contributed by atoms with Gasteiger partial charge in [0.15, 0.2) is 5.82 Å². The van der Waals surface area contributed by atoms with Crippen LogP contribution >= 0.6 is 11.8 Å². The normalized spacial score (nSPS) is 11.2. The molecule has 4 nitrogen and oxygen atoms in total. The third-order valence-electron chi connectivity index (χ3n) is 2.35. The highest BCUT2D eigenvalue weighted by molar-refractivity contribution is 7.98. The highest BCUT2D eigenvalue weighted by Gasteiger charge is 2.09. The predicted molar refractivity (Wildman–Crippen MR) is 73.2 cm³/mol. The van der Waals surface area contributed by atoms with Crippen LogP contribution in [0, 0.1) is 11.7 Å². The molecule has 19 heavy (non-hydrogen) atoms. The molecule has 0 aliphatic rings. The minimum atomic E-state index is -0.337. The molecule has 0 aliphatic carbocycles. The van der Waals surface area contributed by atoms with E-state index in [0.717, 1.165) is 11.3 Å². The number of hydrogen-bond acceptors (Lipinski definition) is 5. The van der Waals surface area contributed by atoms with Crippen molar-refractivity contribution in [2.45, 2.75) is 30.9 Å². The average molecular weight is 281 g/mol. The molecule has 0 fully saturated rings. The molecule has 0 amide bonds. The van der Waals surface area contributed by atoms with Gasteiger partial charge in [0.1, 0.15) is 5.82 Å². The van der Waals surface area contributed by atoms with Crippen LogP contribution in [-0.2, 0) is 12.2 Å². The summed E-state index contributed by atoms with van der Waals surface area (Å²) >= 11 is 1.43. The lowest BCUT2D eigenvalue weighted by Crippen LogP contribution is -1.94. The molecule has 0 saturated heterocycles. The Morgan fingerprint density at radius 2 is 2.16 bits per heavy atom. The van der Waals surface area contributed by atoms with Crippen LogP contribution in [0.2, 0.25) is 0 Å². The van der Waals surface area contributed by atoms with E-state index >= 15 is 0 Å². The van der Waals surface area contributed by atoms with Gasteiger partial charge < -0.3 is 10.3 Å². The minimum absolute atomic E-state index is 0.337. The Morgan fingerprint density at radius 3 is 2.84 bits per heavy atom. The zero-order valence-electron chi connectivity index (χ0n) is 10.9. The highest BCUT2D eigenvalue weighted by Crippen LogP contribution is 2.24. The molecule has 1 aromatic heterocycles. The summed E-state index contributed by atoms with van der Waals surface area (Å²) in [5, 5.41) is 3.90. The summed E-state index contributed by atoms with van der Waals surface area (Å²) in [6.07, 6.45) is 0.768. The van der Waals surface area contributed by atoms with Crippen LogP contribution in [0.1, 0.15) is 25.6 Å². The highest BCUT2D eigenvalue weighted by atomic mass is 32.2. The topological polar surface area (TPSA) is 64.9 Å². The van der Waals surface area contributed by atoms with E-state index in [2.05, 4.69) is 24.0 Å². The first-order valence-electron chi connectivity index (χ1n) is 6.03. The van der Waals surface area contributed by atoms with Gasteiger partial charge in [-0.1, -0.05) is 19.0 Å². The van der Waals surface area contributed by atoms with Crippen LogP contribution in [0.4, 0.5) is 10.1 Å². The lowest BCUT2D eigenvalue weighted by atomic mass is 10.1. The summed E-state index contributed by atoms with van der Waals surface area (Å²) in [5.41, 5.74) is 6.00. The second-order valence-corrected chi connectivity index (χ2v) is 5.76.